The van der Waals surface area contributed by atoms with Crippen LogP contribution in [0.1, 0.15) is 52.1 Å². The van der Waals surface area contributed by atoms with Crippen molar-refractivity contribution in [3.8, 4) is 0 Å². The third kappa shape index (κ3) is 5.02. The van der Waals surface area contributed by atoms with Crippen LogP contribution >= 0.6 is 0 Å². The largest absolute Gasteiger partial charge is 0.348 e. The van der Waals surface area contributed by atoms with Gasteiger partial charge in [-0.1, -0.05) is 24.3 Å². The highest BCUT2D eigenvalue weighted by Gasteiger charge is 2.19. The Morgan fingerprint density at radius 3 is 2.61 bits per heavy atom. The van der Waals surface area contributed by atoms with Crippen molar-refractivity contribution in [1.29, 1.82) is 0 Å². The second-order valence-corrected chi connectivity index (χ2v) is 8.14. The van der Waals surface area contributed by atoms with Gasteiger partial charge in [-0.05, 0) is 68.1 Å². The number of aryl methyl sites for hydroxylation is 2. The third-order valence-electron chi connectivity index (χ3n) is 5.62. The van der Waals surface area contributed by atoms with Crippen molar-refractivity contribution in [1.82, 2.24) is 15.1 Å². The first kappa shape index (κ1) is 20.8. The monoisotopic (exact) mass is 416 g/mol. The van der Waals surface area contributed by atoms with E-state index in [1.165, 1.54) is 0 Å². The van der Waals surface area contributed by atoms with E-state index in [2.05, 4.69) is 10.4 Å². The fourth-order valence-electron chi connectivity index (χ4n) is 4.02. The van der Waals surface area contributed by atoms with Gasteiger partial charge in [0, 0.05) is 36.5 Å². The Morgan fingerprint density at radius 1 is 1.03 bits per heavy atom. The maximum atomic E-state index is 12.7. The normalized spacial score (nSPS) is 14.0. The maximum Gasteiger partial charge on any atom is 0.251 e. The van der Waals surface area contributed by atoms with E-state index in [0.717, 1.165) is 47.6 Å². The van der Waals surface area contributed by atoms with Gasteiger partial charge in [0.25, 0.3) is 5.91 Å². The smallest absolute Gasteiger partial charge is 0.251 e. The maximum absolute atomic E-state index is 12.7. The summed E-state index contributed by atoms with van der Waals surface area (Å²) in [5, 5.41) is 7.49. The highest BCUT2D eigenvalue weighted by atomic mass is 16.2. The molecule has 1 aromatic heterocycles. The molecule has 6 nitrogen and oxygen atoms in total. The van der Waals surface area contributed by atoms with Crippen LogP contribution in [0, 0.1) is 13.8 Å². The number of nitrogens with one attached hydrogen (secondary N) is 1. The standard InChI is InChI=1S/C25H28N4O2/c1-18-13-19(2)29(27-18)17-21-8-5-9-22(14-21)25(31)26-16-20-7-6-10-23(15-20)28-12-4-3-11-24(28)30/h5-10,13-15H,3-4,11-12,16-17H2,1-2H3,(H,26,31). The highest BCUT2D eigenvalue weighted by Crippen LogP contribution is 2.22. The second-order valence-electron chi connectivity index (χ2n) is 8.14. The zero-order valence-corrected chi connectivity index (χ0v) is 18.1. The number of carbonyl (C=O) groups excluding carboxylic acids is 2. The second kappa shape index (κ2) is 9.16. The molecule has 1 aliphatic heterocycles. The average Bonchev–Trinajstić information content (AvgIpc) is 3.09. The van der Waals surface area contributed by atoms with Gasteiger partial charge in [0.2, 0.25) is 5.91 Å². The molecule has 0 spiro atoms. The van der Waals surface area contributed by atoms with E-state index < -0.39 is 0 Å². The zero-order valence-electron chi connectivity index (χ0n) is 18.1. The quantitative estimate of drug-likeness (QED) is 0.661. The molecule has 2 heterocycles. The minimum atomic E-state index is -0.116. The molecule has 6 heteroatoms. The summed E-state index contributed by atoms with van der Waals surface area (Å²) in [4.78, 5) is 26.8. The lowest BCUT2D eigenvalue weighted by atomic mass is 10.1. The van der Waals surface area contributed by atoms with Crippen LogP contribution in [0.5, 0.6) is 0 Å². The molecule has 1 fully saturated rings. The van der Waals surface area contributed by atoms with Gasteiger partial charge < -0.3 is 10.2 Å². The van der Waals surface area contributed by atoms with Crippen LogP contribution in [-0.2, 0) is 17.9 Å². The Kier molecular flexibility index (Phi) is 6.16. The van der Waals surface area contributed by atoms with Crippen molar-refractivity contribution in [2.45, 2.75) is 46.2 Å². The number of hydrogen-bond donors (Lipinski definition) is 1. The molecule has 1 N–H and O–H groups in total. The van der Waals surface area contributed by atoms with Gasteiger partial charge in [-0.3, -0.25) is 14.3 Å². The Bertz CT molecular complexity index is 1100. The highest BCUT2D eigenvalue weighted by molar-refractivity contribution is 5.95. The molecular weight excluding hydrogens is 388 g/mol. The number of carbonyl (C=O) groups is 2. The minimum Gasteiger partial charge on any atom is -0.348 e. The van der Waals surface area contributed by atoms with Crippen LogP contribution in [0.3, 0.4) is 0 Å². The predicted octanol–water partition coefficient (Wildman–Crippen LogP) is 4.00. The Morgan fingerprint density at radius 2 is 1.84 bits per heavy atom. The first-order valence-electron chi connectivity index (χ1n) is 10.8. The molecule has 31 heavy (non-hydrogen) atoms. The molecule has 3 aromatic rings. The van der Waals surface area contributed by atoms with E-state index in [9.17, 15) is 9.59 Å². The van der Waals surface area contributed by atoms with Crippen LogP contribution < -0.4 is 10.2 Å². The summed E-state index contributed by atoms with van der Waals surface area (Å²) in [7, 11) is 0. The summed E-state index contributed by atoms with van der Waals surface area (Å²) in [6.07, 6.45) is 2.60. The zero-order chi connectivity index (χ0) is 21.8. The van der Waals surface area contributed by atoms with Crippen LogP contribution in [-0.4, -0.2) is 28.1 Å². The summed E-state index contributed by atoms with van der Waals surface area (Å²) < 4.78 is 1.94. The summed E-state index contributed by atoms with van der Waals surface area (Å²) in [6, 6.07) is 17.5. The molecule has 0 unspecified atom stereocenters. The van der Waals surface area contributed by atoms with Gasteiger partial charge in [0.1, 0.15) is 0 Å². The number of amides is 2. The van der Waals surface area contributed by atoms with Gasteiger partial charge in [-0.15, -0.1) is 0 Å². The van der Waals surface area contributed by atoms with Crippen molar-refractivity contribution in [3.05, 3.63) is 82.7 Å². The van der Waals surface area contributed by atoms with Crippen LogP contribution in [0.4, 0.5) is 5.69 Å². The molecule has 0 bridgehead atoms. The lowest BCUT2D eigenvalue weighted by molar-refractivity contribution is -0.119. The van der Waals surface area contributed by atoms with Gasteiger partial charge in [-0.2, -0.15) is 5.10 Å². The van der Waals surface area contributed by atoms with Crippen molar-refractivity contribution < 1.29 is 9.59 Å². The van der Waals surface area contributed by atoms with Gasteiger partial charge in [-0.25, -0.2) is 0 Å². The molecule has 0 saturated carbocycles. The fourth-order valence-corrected chi connectivity index (χ4v) is 4.02. The van der Waals surface area contributed by atoms with Crippen molar-refractivity contribution in [2.75, 3.05) is 11.4 Å². The average molecular weight is 417 g/mol. The molecule has 2 amide bonds. The van der Waals surface area contributed by atoms with Crippen molar-refractivity contribution >= 4 is 17.5 Å². The molecular formula is C25H28N4O2. The number of aromatic nitrogens is 2. The lowest BCUT2D eigenvalue weighted by Crippen LogP contribution is -2.35. The summed E-state index contributed by atoms with van der Waals surface area (Å²) >= 11 is 0. The fraction of sp³-hybridized carbons (Fsp3) is 0.320. The molecule has 1 saturated heterocycles. The molecule has 2 aromatic carbocycles. The number of benzene rings is 2. The number of hydrogen-bond acceptors (Lipinski definition) is 3. The van der Waals surface area contributed by atoms with Gasteiger partial charge in [0.05, 0.1) is 12.2 Å². The first-order valence-corrected chi connectivity index (χ1v) is 10.8. The SMILES string of the molecule is Cc1cc(C)n(Cc2cccc(C(=O)NCc3cccc(N4CCCCC4=O)c3)c2)n1. The number of nitrogens with zero attached hydrogens (tertiary/aromatic N) is 3. The number of anilines is 1. The van der Waals surface area contributed by atoms with Crippen LogP contribution in [0.25, 0.3) is 0 Å². The molecule has 0 radical (unpaired) electrons. The number of piperidine rings is 1. The molecule has 4 rings (SSSR count). The minimum absolute atomic E-state index is 0.116. The van der Waals surface area contributed by atoms with Crippen LogP contribution in [0.15, 0.2) is 54.6 Å². The van der Waals surface area contributed by atoms with Crippen molar-refractivity contribution in [3.63, 3.8) is 0 Å². The summed E-state index contributed by atoms with van der Waals surface area (Å²) in [6.45, 7) is 5.81. The van der Waals surface area contributed by atoms with E-state index in [-0.39, 0.29) is 11.8 Å². The topological polar surface area (TPSA) is 67.2 Å². The molecule has 0 atom stereocenters. The van der Waals surface area contributed by atoms with E-state index in [1.807, 2.05) is 78.0 Å². The van der Waals surface area contributed by atoms with Crippen LogP contribution in [0.2, 0.25) is 0 Å². The summed E-state index contributed by atoms with van der Waals surface area (Å²) in [5.41, 5.74) is 5.62. The Labute approximate surface area is 182 Å². The summed E-state index contributed by atoms with van der Waals surface area (Å²) in [5.74, 6) is 0.0570. The van der Waals surface area contributed by atoms with E-state index >= 15 is 0 Å². The van der Waals surface area contributed by atoms with Gasteiger partial charge >= 0.3 is 0 Å². The van der Waals surface area contributed by atoms with E-state index in [0.29, 0.717) is 25.1 Å². The lowest BCUT2D eigenvalue weighted by Gasteiger charge is -2.27. The van der Waals surface area contributed by atoms with E-state index in [1.54, 1.807) is 0 Å². The Balaban J connectivity index is 1.40. The third-order valence-corrected chi connectivity index (χ3v) is 5.62. The molecule has 1 aliphatic rings. The molecule has 0 aliphatic carbocycles. The van der Waals surface area contributed by atoms with E-state index in [4.69, 9.17) is 0 Å². The number of rotatable bonds is 6. The first-order chi connectivity index (χ1) is 15.0. The molecule has 160 valence electrons. The van der Waals surface area contributed by atoms with Crippen molar-refractivity contribution in [2.24, 2.45) is 0 Å². The van der Waals surface area contributed by atoms with Gasteiger partial charge in [0.15, 0.2) is 0 Å². The Hall–Kier alpha value is -3.41. The predicted molar refractivity (Wildman–Crippen MR) is 121 cm³/mol.